The maximum Gasteiger partial charge on any atom is 0.338 e. The van der Waals surface area contributed by atoms with Crippen LogP contribution in [-0.2, 0) is 65.9 Å². The summed E-state index contributed by atoms with van der Waals surface area (Å²) in [4.78, 5) is 50.9. The van der Waals surface area contributed by atoms with E-state index in [0.29, 0.717) is 37.9 Å². The average molecular weight is 790 g/mol. The number of hydrogen-bond acceptors (Lipinski definition) is 10. The number of esters is 3. The third-order valence-electron chi connectivity index (χ3n) is 11.8. The Morgan fingerprint density at radius 2 is 1.38 bits per heavy atom. The number of anilines is 1. The van der Waals surface area contributed by atoms with E-state index in [0.717, 1.165) is 129 Å². The molecule has 3 aromatic rings. The van der Waals surface area contributed by atoms with Gasteiger partial charge in [-0.05, 0) is 105 Å². The molecule has 0 saturated heterocycles. The molecule has 58 heavy (non-hydrogen) atoms. The van der Waals surface area contributed by atoms with Crippen molar-refractivity contribution >= 4 is 29.2 Å². The van der Waals surface area contributed by atoms with Gasteiger partial charge in [0.1, 0.15) is 31.2 Å². The Kier molecular flexibility index (Phi) is 12.4. The van der Waals surface area contributed by atoms with E-state index in [1.807, 2.05) is 18.2 Å². The Balaban J connectivity index is 1.19. The SMILES string of the molecule is C=CC(=O)OCCCCOOCc1ccc(C(=O)OCCCCOC(=O)C=C)c(C2=c3cc4c5c(c3Oc3c2cc2c6c3CCCN6CCC2)CCC[N+]=5CCC4)c1. The van der Waals surface area contributed by atoms with E-state index in [1.165, 1.54) is 33.3 Å². The van der Waals surface area contributed by atoms with Gasteiger partial charge in [-0.25, -0.2) is 28.7 Å². The first-order chi connectivity index (χ1) is 28.4. The lowest BCUT2D eigenvalue weighted by Gasteiger charge is -2.39. The quantitative estimate of drug-likeness (QED) is 0.0250. The third kappa shape index (κ3) is 8.20. The van der Waals surface area contributed by atoms with Crippen LogP contribution in [0.1, 0.15) is 101 Å². The first kappa shape index (κ1) is 39.6. The van der Waals surface area contributed by atoms with Crippen molar-refractivity contribution < 1.29 is 43.1 Å². The summed E-state index contributed by atoms with van der Waals surface area (Å²) in [5.74, 6) is 0.491. The molecule has 0 atom stereocenters. The molecule has 0 saturated carbocycles. The molecule has 0 N–H and O–H groups in total. The summed E-state index contributed by atoms with van der Waals surface area (Å²) in [7, 11) is 0. The molecular formula is C47H53N2O9+. The predicted octanol–water partition coefficient (Wildman–Crippen LogP) is 5.75. The second-order valence-electron chi connectivity index (χ2n) is 15.6. The summed E-state index contributed by atoms with van der Waals surface area (Å²) >= 11 is 0. The minimum atomic E-state index is -0.470. The van der Waals surface area contributed by atoms with E-state index < -0.39 is 17.9 Å². The first-order valence-electron chi connectivity index (χ1n) is 21.0. The lowest BCUT2D eigenvalue weighted by molar-refractivity contribution is -0.304. The number of aryl methyl sites for hydroxylation is 2. The zero-order valence-electron chi connectivity index (χ0n) is 33.4. The van der Waals surface area contributed by atoms with E-state index in [4.69, 9.17) is 28.7 Å². The zero-order valence-corrected chi connectivity index (χ0v) is 33.4. The van der Waals surface area contributed by atoms with Gasteiger partial charge < -0.3 is 23.8 Å². The lowest BCUT2D eigenvalue weighted by atomic mass is 9.81. The number of unbranched alkanes of at least 4 members (excludes halogenated alkanes) is 2. The van der Waals surface area contributed by atoms with Crippen LogP contribution in [-0.4, -0.2) is 70.5 Å². The molecule has 0 amide bonds. The van der Waals surface area contributed by atoms with E-state index in [2.05, 4.69) is 34.8 Å². The lowest BCUT2D eigenvalue weighted by Crippen LogP contribution is -2.45. The molecule has 0 aliphatic carbocycles. The van der Waals surface area contributed by atoms with Gasteiger partial charge in [0, 0.05) is 71.3 Å². The van der Waals surface area contributed by atoms with Crippen LogP contribution >= 0.6 is 0 Å². The number of carbonyl (C=O) groups excluding carboxylic acids is 3. The highest BCUT2D eigenvalue weighted by atomic mass is 17.2. The average Bonchev–Trinajstić information content (AvgIpc) is 3.25. The standard InChI is InChI=1S/C47H53N2O9/c1-3-40(50)53-23-5-6-25-55-47(52)34-18-17-31(30-57-56-26-8-7-24-54-41(51)4-2)27-37(34)42-38-28-32-13-9-19-48-21-11-15-35(43(32)48)45(38)58-46-36-16-12-22-49-20-10-14-33(44(36)49)29-39(42)46/h3-4,17-18,27-29H,1-2,5-16,19-26,30H2/q+1. The Labute approximate surface area is 339 Å². The smallest absolute Gasteiger partial charge is 0.338 e. The van der Waals surface area contributed by atoms with Gasteiger partial charge in [-0.1, -0.05) is 19.2 Å². The molecule has 0 bridgehead atoms. The van der Waals surface area contributed by atoms with Crippen molar-refractivity contribution in [3.8, 4) is 11.5 Å². The van der Waals surface area contributed by atoms with Crippen molar-refractivity contribution in [3.05, 3.63) is 111 Å². The van der Waals surface area contributed by atoms with Crippen molar-refractivity contribution in [2.45, 2.75) is 83.7 Å². The number of rotatable bonds is 17. The van der Waals surface area contributed by atoms with Gasteiger partial charge in [0.25, 0.3) is 0 Å². The van der Waals surface area contributed by atoms with Crippen LogP contribution in [0.3, 0.4) is 0 Å². The largest absolute Gasteiger partial charge is 0.463 e. The molecule has 0 radical (unpaired) electrons. The number of fused-ring (bicyclic) bond motifs is 4. The summed E-state index contributed by atoms with van der Waals surface area (Å²) in [6.45, 7) is 12.3. The zero-order chi connectivity index (χ0) is 40.0. The molecule has 5 aliphatic rings. The second kappa shape index (κ2) is 18.1. The van der Waals surface area contributed by atoms with Gasteiger partial charge in [-0.15, -0.1) is 0 Å². The molecule has 11 heteroatoms. The monoisotopic (exact) mass is 789 g/mol. The van der Waals surface area contributed by atoms with Gasteiger partial charge in [0.2, 0.25) is 5.36 Å². The fourth-order valence-corrected chi connectivity index (χ4v) is 9.21. The van der Waals surface area contributed by atoms with Crippen molar-refractivity contribution in [1.82, 2.24) is 4.58 Å². The Bertz CT molecular complexity index is 2250. The summed E-state index contributed by atoms with van der Waals surface area (Å²) < 4.78 is 25.9. The number of hydrogen-bond donors (Lipinski definition) is 0. The molecular weight excluding hydrogens is 737 g/mol. The van der Waals surface area contributed by atoms with Crippen LogP contribution in [0.15, 0.2) is 55.6 Å². The summed E-state index contributed by atoms with van der Waals surface area (Å²) in [5.41, 5.74) is 10.6. The van der Waals surface area contributed by atoms with E-state index in [-0.39, 0.29) is 26.4 Å². The second-order valence-corrected chi connectivity index (χ2v) is 15.6. The normalized spacial score (nSPS) is 15.9. The number of ether oxygens (including phenoxy) is 4. The molecule has 8 rings (SSSR count). The van der Waals surface area contributed by atoms with E-state index in [1.54, 1.807) is 0 Å². The van der Waals surface area contributed by atoms with Gasteiger partial charge in [0.05, 0.1) is 37.6 Å². The molecule has 0 spiro atoms. The maximum absolute atomic E-state index is 14.2. The molecule has 0 unspecified atom stereocenters. The summed E-state index contributed by atoms with van der Waals surface area (Å²) in [5, 5.41) is 2.36. The number of benzene rings is 3. The van der Waals surface area contributed by atoms with Gasteiger partial charge in [-0.3, -0.25) is 0 Å². The third-order valence-corrected chi connectivity index (χ3v) is 11.8. The van der Waals surface area contributed by atoms with Crippen LogP contribution < -0.4 is 24.8 Å². The van der Waals surface area contributed by atoms with Gasteiger partial charge >= 0.3 is 17.9 Å². The molecule has 5 heterocycles. The van der Waals surface area contributed by atoms with Crippen molar-refractivity contribution in [1.29, 1.82) is 0 Å². The molecule has 5 aliphatic heterocycles. The highest BCUT2D eigenvalue weighted by molar-refractivity contribution is 6.00. The van der Waals surface area contributed by atoms with Crippen molar-refractivity contribution in [3.63, 3.8) is 0 Å². The highest BCUT2D eigenvalue weighted by Crippen LogP contribution is 2.49. The Morgan fingerprint density at radius 3 is 2.14 bits per heavy atom. The maximum atomic E-state index is 14.2. The van der Waals surface area contributed by atoms with Gasteiger partial charge in [0.15, 0.2) is 0 Å². The van der Waals surface area contributed by atoms with Crippen molar-refractivity contribution in [2.75, 3.05) is 57.5 Å². The molecule has 11 nitrogen and oxygen atoms in total. The fraction of sp³-hybridized carbons (Fsp3) is 0.447. The van der Waals surface area contributed by atoms with Crippen LogP contribution in [0.5, 0.6) is 11.5 Å². The predicted molar refractivity (Wildman–Crippen MR) is 219 cm³/mol. The van der Waals surface area contributed by atoms with Crippen LogP contribution in [0, 0.1) is 0 Å². The number of carbonyl (C=O) groups is 3. The fourth-order valence-electron chi connectivity index (χ4n) is 9.21. The van der Waals surface area contributed by atoms with Crippen LogP contribution in [0.4, 0.5) is 5.69 Å². The van der Waals surface area contributed by atoms with Gasteiger partial charge in [-0.2, -0.15) is 0 Å². The van der Waals surface area contributed by atoms with E-state index in [9.17, 15) is 14.4 Å². The van der Waals surface area contributed by atoms with Crippen LogP contribution in [0.2, 0.25) is 0 Å². The van der Waals surface area contributed by atoms with Crippen molar-refractivity contribution in [2.24, 2.45) is 0 Å². The molecule has 0 fully saturated rings. The number of nitrogens with zero attached hydrogens (tertiary/aromatic N) is 2. The molecule has 304 valence electrons. The van der Waals surface area contributed by atoms with E-state index >= 15 is 0 Å². The Hall–Kier alpha value is -5.26. The minimum absolute atomic E-state index is 0.162. The summed E-state index contributed by atoms with van der Waals surface area (Å²) in [6, 6.07) is 10.4. The molecule has 3 aromatic carbocycles. The molecule has 0 aromatic heterocycles. The minimum Gasteiger partial charge on any atom is -0.463 e. The summed E-state index contributed by atoms with van der Waals surface area (Å²) in [6.07, 6.45) is 12.9. The Morgan fingerprint density at radius 1 is 0.707 bits per heavy atom. The highest BCUT2D eigenvalue weighted by Gasteiger charge is 2.36. The topological polar surface area (TPSA) is 113 Å². The first-order valence-corrected chi connectivity index (χ1v) is 21.0. The van der Waals surface area contributed by atoms with Crippen LogP contribution in [0.25, 0.3) is 5.57 Å².